The summed E-state index contributed by atoms with van der Waals surface area (Å²) in [6.45, 7) is 1.38. The van der Waals surface area contributed by atoms with Crippen molar-refractivity contribution >= 4 is 45.7 Å². The molecule has 1 fully saturated rings. The Kier molecular flexibility index (Phi) is 6.66. The number of rotatable bonds is 8. The maximum absolute atomic E-state index is 12.5. The first kappa shape index (κ1) is 22.6. The highest BCUT2D eigenvalue weighted by Crippen LogP contribution is 2.31. The normalized spacial score (nSPS) is 16.7. The number of aromatic amines is 1. The lowest BCUT2D eigenvalue weighted by molar-refractivity contribution is -0.133. The Bertz CT molecular complexity index is 1290. The lowest BCUT2D eigenvalue weighted by atomic mass is 10.2. The maximum atomic E-state index is 12.5. The number of nitrogens with zero attached hydrogens (tertiary/aromatic N) is 4. The van der Waals surface area contributed by atoms with Crippen LogP contribution in [-0.2, 0) is 20.8 Å². The molecule has 4 aromatic rings. The number of thiophene rings is 1. The van der Waals surface area contributed by atoms with E-state index in [0.29, 0.717) is 17.2 Å². The van der Waals surface area contributed by atoms with Gasteiger partial charge in [-0.15, -0.1) is 21.5 Å². The number of benzene rings is 1. The molecule has 0 saturated carbocycles. The summed E-state index contributed by atoms with van der Waals surface area (Å²) in [5.41, 5.74) is 1.45. The van der Waals surface area contributed by atoms with Crippen LogP contribution in [0.5, 0.6) is 0 Å². The summed E-state index contributed by atoms with van der Waals surface area (Å²) in [6.07, 6.45) is 2.11. The molecular weight excluding hydrogens is 474 g/mol. The summed E-state index contributed by atoms with van der Waals surface area (Å²) in [5, 5.41) is 22.3. The van der Waals surface area contributed by atoms with E-state index in [1.165, 1.54) is 18.9 Å². The Labute approximate surface area is 203 Å². The average molecular weight is 498 g/mol. The zero-order chi connectivity index (χ0) is 23.5. The number of nitrogens with one attached hydrogen (secondary N) is 1. The number of para-hydroxylation sites is 2. The van der Waals surface area contributed by atoms with Crippen LogP contribution in [0, 0.1) is 0 Å². The number of methoxy groups -OCH3 is 1. The van der Waals surface area contributed by atoms with Crippen LogP contribution in [0.15, 0.2) is 52.7 Å². The van der Waals surface area contributed by atoms with Gasteiger partial charge in [0.15, 0.2) is 11.0 Å². The fraction of sp³-hybridized carbons (Fsp3) is 0.304. The minimum atomic E-state index is -0.669. The van der Waals surface area contributed by atoms with Gasteiger partial charge in [0.25, 0.3) is 0 Å². The summed E-state index contributed by atoms with van der Waals surface area (Å²) >= 11 is 2.89. The number of thioether (sulfide) groups is 1. The molecule has 11 heteroatoms. The number of carbonyl (C=O) groups excluding carboxylic acids is 1. The quantitative estimate of drug-likeness (QED) is 0.160. The molecule has 1 aromatic carbocycles. The molecule has 0 bridgehead atoms. The van der Waals surface area contributed by atoms with E-state index >= 15 is 0 Å². The summed E-state index contributed by atoms with van der Waals surface area (Å²) in [4.78, 5) is 21.1. The fourth-order valence-corrected chi connectivity index (χ4v) is 5.41. The van der Waals surface area contributed by atoms with Gasteiger partial charge in [-0.1, -0.05) is 30.0 Å². The third-order valence-corrected chi connectivity index (χ3v) is 7.35. The average Bonchev–Trinajstić information content (AvgIpc) is 3.65. The van der Waals surface area contributed by atoms with E-state index in [4.69, 9.17) is 9.47 Å². The van der Waals surface area contributed by atoms with Crippen LogP contribution in [0.25, 0.3) is 27.3 Å². The second-order valence-electron chi connectivity index (χ2n) is 7.73. The van der Waals surface area contributed by atoms with Crippen LogP contribution >= 0.6 is 23.1 Å². The molecular formula is C23H23N5O4S2. The second kappa shape index (κ2) is 10.00. The maximum Gasteiger partial charge on any atom is 0.345 e. The van der Waals surface area contributed by atoms with E-state index in [1.54, 1.807) is 11.3 Å². The lowest BCUT2D eigenvalue weighted by Gasteiger charge is -2.14. The first-order valence-corrected chi connectivity index (χ1v) is 12.7. The molecule has 0 radical (unpaired) electrons. The first-order valence-electron chi connectivity index (χ1n) is 10.8. The summed E-state index contributed by atoms with van der Waals surface area (Å²) in [5.74, 6) is 0.293. The van der Waals surface area contributed by atoms with Crippen molar-refractivity contribution in [3.8, 4) is 10.7 Å². The van der Waals surface area contributed by atoms with Crippen molar-refractivity contribution in [3.05, 3.63) is 53.4 Å². The zero-order valence-electron chi connectivity index (χ0n) is 18.4. The van der Waals surface area contributed by atoms with Gasteiger partial charge in [0.05, 0.1) is 41.4 Å². The van der Waals surface area contributed by atoms with Gasteiger partial charge in [-0.05, 0) is 36.4 Å². The van der Waals surface area contributed by atoms with Crippen molar-refractivity contribution in [2.45, 2.75) is 30.6 Å². The van der Waals surface area contributed by atoms with E-state index in [-0.39, 0.29) is 29.0 Å². The highest BCUT2D eigenvalue weighted by molar-refractivity contribution is 7.99. The number of imidazole rings is 1. The molecule has 34 heavy (non-hydrogen) atoms. The molecule has 3 aromatic heterocycles. The van der Waals surface area contributed by atoms with E-state index in [0.717, 1.165) is 35.7 Å². The van der Waals surface area contributed by atoms with E-state index in [1.807, 2.05) is 46.3 Å². The van der Waals surface area contributed by atoms with Crippen LogP contribution in [0.3, 0.4) is 0 Å². The number of carbonyl (C=O) groups is 1. The van der Waals surface area contributed by atoms with E-state index in [2.05, 4.69) is 20.2 Å². The summed E-state index contributed by atoms with van der Waals surface area (Å²) in [6, 6.07) is 11.4. The molecule has 0 spiro atoms. The van der Waals surface area contributed by atoms with Crippen molar-refractivity contribution in [2.75, 3.05) is 19.5 Å². The second-order valence-corrected chi connectivity index (χ2v) is 9.62. The molecule has 2 N–H and O–H groups in total. The molecule has 1 saturated heterocycles. The Morgan fingerprint density at radius 1 is 1.32 bits per heavy atom. The number of aliphatic hydroxyl groups is 1. The van der Waals surface area contributed by atoms with Gasteiger partial charge >= 0.3 is 5.97 Å². The SMILES string of the molecule is COC(=O)/C(=C(/O)CSc1nnc(-c2cccs2)n1CC1CCCO1)c1nc2ccccc2[nH]1. The number of fused-ring (bicyclic) bond motifs is 1. The Balaban J connectivity index is 1.44. The van der Waals surface area contributed by atoms with E-state index < -0.39 is 5.97 Å². The van der Waals surface area contributed by atoms with Gasteiger partial charge < -0.3 is 19.6 Å². The zero-order valence-corrected chi connectivity index (χ0v) is 20.1. The topological polar surface area (TPSA) is 115 Å². The minimum Gasteiger partial charge on any atom is -0.510 e. The van der Waals surface area contributed by atoms with Crippen LogP contribution in [-0.4, -0.2) is 61.4 Å². The van der Waals surface area contributed by atoms with Crippen molar-refractivity contribution in [2.24, 2.45) is 0 Å². The molecule has 0 aliphatic carbocycles. The smallest absolute Gasteiger partial charge is 0.345 e. The molecule has 1 aliphatic heterocycles. The Morgan fingerprint density at radius 3 is 2.94 bits per heavy atom. The largest absolute Gasteiger partial charge is 0.510 e. The predicted octanol–water partition coefficient (Wildman–Crippen LogP) is 4.30. The molecule has 1 atom stereocenters. The van der Waals surface area contributed by atoms with Crippen molar-refractivity contribution in [1.29, 1.82) is 0 Å². The van der Waals surface area contributed by atoms with Gasteiger partial charge in [-0.3, -0.25) is 4.57 Å². The van der Waals surface area contributed by atoms with Crippen molar-refractivity contribution < 1.29 is 19.4 Å². The van der Waals surface area contributed by atoms with Crippen molar-refractivity contribution in [1.82, 2.24) is 24.7 Å². The highest BCUT2D eigenvalue weighted by atomic mass is 32.2. The van der Waals surface area contributed by atoms with Gasteiger partial charge in [0.1, 0.15) is 17.2 Å². The number of esters is 1. The summed E-state index contributed by atoms with van der Waals surface area (Å²) < 4.78 is 12.8. The predicted molar refractivity (Wildman–Crippen MR) is 131 cm³/mol. The lowest BCUT2D eigenvalue weighted by Crippen LogP contribution is -2.16. The van der Waals surface area contributed by atoms with Gasteiger partial charge in [0, 0.05) is 6.61 Å². The van der Waals surface area contributed by atoms with Gasteiger partial charge in [-0.25, -0.2) is 9.78 Å². The van der Waals surface area contributed by atoms with Crippen LogP contribution < -0.4 is 0 Å². The molecule has 1 unspecified atom stereocenters. The number of aliphatic hydroxyl groups excluding tert-OH is 1. The van der Waals surface area contributed by atoms with Crippen molar-refractivity contribution in [3.63, 3.8) is 0 Å². The molecule has 0 amide bonds. The van der Waals surface area contributed by atoms with Gasteiger partial charge in [0.2, 0.25) is 0 Å². The standard InChI is InChI=1S/C23H23N5O4S2/c1-31-22(30)19(20-24-15-7-2-3-8-16(15)25-20)17(29)13-34-23-27-26-21(18-9-5-11-33-18)28(23)12-14-6-4-10-32-14/h2-3,5,7-9,11,14,29H,4,6,10,12-13H2,1H3,(H,24,25)/b19-17+. The highest BCUT2D eigenvalue weighted by Gasteiger charge is 2.25. The fourth-order valence-electron chi connectivity index (χ4n) is 3.87. The molecule has 1 aliphatic rings. The summed E-state index contributed by atoms with van der Waals surface area (Å²) in [7, 11) is 1.27. The number of aromatic nitrogens is 5. The third-order valence-electron chi connectivity index (χ3n) is 5.51. The molecule has 176 valence electrons. The van der Waals surface area contributed by atoms with Crippen LogP contribution in [0.2, 0.25) is 0 Å². The molecule has 4 heterocycles. The Hall–Kier alpha value is -3.15. The monoisotopic (exact) mass is 497 g/mol. The number of hydrogen-bond donors (Lipinski definition) is 2. The van der Waals surface area contributed by atoms with Crippen LogP contribution in [0.4, 0.5) is 0 Å². The minimum absolute atomic E-state index is 0.00475. The molecule has 9 nitrogen and oxygen atoms in total. The third kappa shape index (κ3) is 4.59. The number of ether oxygens (including phenoxy) is 2. The Morgan fingerprint density at radius 2 is 2.21 bits per heavy atom. The van der Waals surface area contributed by atoms with Gasteiger partial charge in [-0.2, -0.15) is 0 Å². The van der Waals surface area contributed by atoms with Crippen LogP contribution in [0.1, 0.15) is 18.7 Å². The molecule has 5 rings (SSSR count). The van der Waals surface area contributed by atoms with E-state index in [9.17, 15) is 9.90 Å². The number of H-pyrrole nitrogens is 1. The number of hydrogen-bond acceptors (Lipinski definition) is 9. The first-order chi connectivity index (χ1) is 16.6.